The van der Waals surface area contributed by atoms with Gasteiger partial charge >= 0.3 is 0 Å². The van der Waals surface area contributed by atoms with Crippen molar-refractivity contribution in [2.24, 2.45) is 11.1 Å². The first-order chi connectivity index (χ1) is 9.54. The van der Waals surface area contributed by atoms with Crippen LogP contribution in [0, 0.1) is 5.41 Å². The van der Waals surface area contributed by atoms with E-state index in [9.17, 15) is 9.59 Å². The molecule has 0 saturated heterocycles. The lowest BCUT2D eigenvalue weighted by atomic mass is 9.87. The number of nitrogens with two attached hydrogens (primary N) is 1. The van der Waals surface area contributed by atoms with Crippen LogP contribution in [0.3, 0.4) is 0 Å². The van der Waals surface area contributed by atoms with Gasteiger partial charge in [0.15, 0.2) is 0 Å². The van der Waals surface area contributed by atoms with Crippen LogP contribution in [0.5, 0.6) is 0 Å². The first kappa shape index (κ1) is 17.5. The summed E-state index contributed by atoms with van der Waals surface area (Å²) in [4.78, 5) is 25.5. The summed E-state index contributed by atoms with van der Waals surface area (Å²) in [5, 5.41) is 3.04. The van der Waals surface area contributed by atoms with E-state index >= 15 is 0 Å². The Morgan fingerprint density at radius 3 is 2.33 bits per heavy atom. The van der Waals surface area contributed by atoms with Crippen LogP contribution in [0.25, 0.3) is 0 Å². The maximum atomic E-state index is 12.1. The molecule has 1 aromatic carbocycles. The maximum absolute atomic E-state index is 12.1. The molecule has 0 aliphatic carbocycles. The number of carbonyl (C=O) groups is 2. The molecule has 2 amide bonds. The average molecular weight is 312 g/mol. The van der Waals surface area contributed by atoms with Gasteiger partial charge in [-0.3, -0.25) is 9.59 Å². The van der Waals surface area contributed by atoms with Gasteiger partial charge in [0, 0.05) is 19.7 Å². The number of nitrogens with one attached hydrogen (secondary N) is 1. The van der Waals surface area contributed by atoms with E-state index in [4.69, 9.17) is 17.3 Å². The maximum Gasteiger partial charge on any atom is 0.253 e. The number of halogens is 1. The molecule has 21 heavy (non-hydrogen) atoms. The Hall–Kier alpha value is -1.59. The van der Waals surface area contributed by atoms with Crippen molar-refractivity contribution in [3.63, 3.8) is 0 Å². The van der Waals surface area contributed by atoms with Crippen molar-refractivity contribution >= 4 is 29.1 Å². The molecule has 0 spiro atoms. The van der Waals surface area contributed by atoms with Gasteiger partial charge in [-0.05, 0) is 23.6 Å². The largest absolute Gasteiger partial charge is 0.345 e. The van der Waals surface area contributed by atoms with Crippen LogP contribution in [-0.4, -0.2) is 36.9 Å². The van der Waals surface area contributed by atoms with E-state index in [1.54, 1.807) is 32.3 Å². The van der Waals surface area contributed by atoms with Crippen molar-refractivity contribution in [3.05, 3.63) is 28.8 Å². The van der Waals surface area contributed by atoms with E-state index in [2.05, 4.69) is 5.32 Å². The van der Waals surface area contributed by atoms with Gasteiger partial charge in [-0.1, -0.05) is 32.4 Å². The smallest absolute Gasteiger partial charge is 0.253 e. The minimum atomic E-state index is -0.679. The second-order valence-corrected chi connectivity index (χ2v) is 6.63. The highest BCUT2D eigenvalue weighted by atomic mass is 35.5. The number of hydrogen-bond donors (Lipinski definition) is 2. The van der Waals surface area contributed by atoms with Crippen LogP contribution in [0.15, 0.2) is 18.2 Å². The SMILES string of the molecule is CN(C)C(=O)c1ccc(Cl)c(NC(=O)C(N)C(C)(C)C)c1. The van der Waals surface area contributed by atoms with E-state index in [1.807, 2.05) is 20.8 Å². The van der Waals surface area contributed by atoms with Crippen LogP contribution < -0.4 is 11.1 Å². The minimum absolute atomic E-state index is 0.165. The van der Waals surface area contributed by atoms with Crippen LogP contribution in [-0.2, 0) is 4.79 Å². The second-order valence-electron chi connectivity index (χ2n) is 6.23. The lowest BCUT2D eigenvalue weighted by Gasteiger charge is -2.26. The van der Waals surface area contributed by atoms with Gasteiger partial charge in [0.1, 0.15) is 0 Å². The third-order valence-corrected chi connectivity index (χ3v) is 3.42. The van der Waals surface area contributed by atoms with E-state index in [0.717, 1.165) is 0 Å². The van der Waals surface area contributed by atoms with Gasteiger partial charge < -0.3 is 16.0 Å². The highest BCUT2D eigenvalue weighted by molar-refractivity contribution is 6.34. The average Bonchev–Trinajstić information content (AvgIpc) is 2.38. The molecule has 1 atom stereocenters. The van der Waals surface area contributed by atoms with E-state index in [-0.39, 0.29) is 17.2 Å². The molecular weight excluding hydrogens is 290 g/mol. The monoisotopic (exact) mass is 311 g/mol. The molecule has 1 rings (SSSR count). The first-order valence-corrected chi connectivity index (χ1v) is 6.99. The van der Waals surface area contributed by atoms with Crippen LogP contribution >= 0.6 is 11.6 Å². The highest BCUT2D eigenvalue weighted by Crippen LogP contribution is 2.25. The summed E-state index contributed by atoms with van der Waals surface area (Å²) in [5.41, 5.74) is 6.37. The third-order valence-electron chi connectivity index (χ3n) is 3.09. The normalized spacial score (nSPS) is 12.7. The topological polar surface area (TPSA) is 75.4 Å². The van der Waals surface area contributed by atoms with Crippen molar-refractivity contribution < 1.29 is 9.59 Å². The van der Waals surface area contributed by atoms with E-state index in [1.165, 1.54) is 4.90 Å². The fraction of sp³-hybridized carbons (Fsp3) is 0.467. The van der Waals surface area contributed by atoms with Crippen LogP contribution in [0.1, 0.15) is 31.1 Å². The van der Waals surface area contributed by atoms with Gasteiger partial charge in [-0.2, -0.15) is 0 Å². The Morgan fingerprint density at radius 2 is 1.86 bits per heavy atom. The number of amides is 2. The van der Waals surface area contributed by atoms with E-state index < -0.39 is 6.04 Å². The first-order valence-electron chi connectivity index (χ1n) is 6.61. The second kappa shape index (κ2) is 6.45. The Morgan fingerprint density at radius 1 is 1.29 bits per heavy atom. The number of carbonyl (C=O) groups excluding carboxylic acids is 2. The molecule has 1 aromatic rings. The lowest BCUT2D eigenvalue weighted by Crippen LogP contribution is -2.45. The third kappa shape index (κ3) is 4.44. The lowest BCUT2D eigenvalue weighted by molar-refractivity contribution is -0.119. The molecule has 0 aliphatic rings. The molecule has 116 valence electrons. The Kier molecular flexibility index (Phi) is 5.36. The van der Waals surface area contributed by atoms with Gasteiger partial charge in [0.2, 0.25) is 5.91 Å². The van der Waals surface area contributed by atoms with E-state index in [0.29, 0.717) is 16.3 Å². The molecule has 0 radical (unpaired) electrons. The zero-order valence-electron chi connectivity index (χ0n) is 13.0. The standard InChI is InChI=1S/C15H22ClN3O2/c1-15(2,3)12(17)13(20)18-11-8-9(6-7-10(11)16)14(21)19(4)5/h6-8,12H,17H2,1-5H3,(H,18,20). The predicted octanol–water partition coefficient (Wildman–Crippen LogP) is 2.35. The Balaban J connectivity index is 3.01. The molecule has 0 aliphatic heterocycles. The number of nitrogens with zero attached hydrogens (tertiary/aromatic N) is 1. The molecule has 1 unspecified atom stereocenters. The fourth-order valence-electron chi connectivity index (χ4n) is 1.62. The molecular formula is C15H22ClN3O2. The predicted molar refractivity (Wildman–Crippen MR) is 85.5 cm³/mol. The quantitative estimate of drug-likeness (QED) is 0.899. The zero-order chi connectivity index (χ0) is 16.4. The molecule has 0 fully saturated rings. The summed E-state index contributed by atoms with van der Waals surface area (Å²) in [6.45, 7) is 5.64. The summed E-state index contributed by atoms with van der Waals surface area (Å²) >= 11 is 6.06. The van der Waals surface area contributed by atoms with Gasteiger partial charge in [0.25, 0.3) is 5.91 Å². The van der Waals surface area contributed by atoms with Crippen molar-refractivity contribution in [1.82, 2.24) is 4.90 Å². The number of anilines is 1. The zero-order valence-corrected chi connectivity index (χ0v) is 13.8. The molecule has 0 heterocycles. The van der Waals surface area contributed by atoms with Crippen molar-refractivity contribution in [2.45, 2.75) is 26.8 Å². The Bertz CT molecular complexity index is 550. The molecule has 5 nitrogen and oxygen atoms in total. The summed E-state index contributed by atoms with van der Waals surface area (Å²) in [6.07, 6.45) is 0. The van der Waals surface area contributed by atoms with Crippen molar-refractivity contribution in [2.75, 3.05) is 19.4 Å². The fourth-order valence-corrected chi connectivity index (χ4v) is 1.78. The Labute approximate surface area is 130 Å². The highest BCUT2D eigenvalue weighted by Gasteiger charge is 2.28. The van der Waals surface area contributed by atoms with Crippen LogP contribution in [0.2, 0.25) is 5.02 Å². The van der Waals surface area contributed by atoms with Crippen LogP contribution in [0.4, 0.5) is 5.69 Å². The molecule has 0 saturated carbocycles. The minimum Gasteiger partial charge on any atom is -0.345 e. The summed E-state index contributed by atoms with van der Waals surface area (Å²) in [7, 11) is 3.31. The van der Waals surface area contributed by atoms with Gasteiger partial charge in [-0.25, -0.2) is 0 Å². The van der Waals surface area contributed by atoms with Gasteiger partial charge in [0.05, 0.1) is 16.8 Å². The number of benzene rings is 1. The molecule has 6 heteroatoms. The number of rotatable bonds is 3. The van der Waals surface area contributed by atoms with Crippen molar-refractivity contribution in [1.29, 1.82) is 0 Å². The molecule has 0 bridgehead atoms. The van der Waals surface area contributed by atoms with Crippen molar-refractivity contribution in [3.8, 4) is 0 Å². The van der Waals surface area contributed by atoms with Gasteiger partial charge in [-0.15, -0.1) is 0 Å². The molecule has 0 aromatic heterocycles. The summed E-state index contributed by atoms with van der Waals surface area (Å²) in [5.74, 6) is -0.499. The number of hydrogen-bond acceptors (Lipinski definition) is 3. The summed E-state index contributed by atoms with van der Waals surface area (Å²) < 4.78 is 0. The summed E-state index contributed by atoms with van der Waals surface area (Å²) in [6, 6.07) is 4.07. The molecule has 3 N–H and O–H groups in total.